The Kier molecular flexibility index (Phi) is 9.42. The third-order valence-electron chi connectivity index (χ3n) is 13.1. The van der Waals surface area contributed by atoms with Gasteiger partial charge in [0.1, 0.15) is 0 Å². The van der Waals surface area contributed by atoms with E-state index in [-0.39, 0.29) is 0 Å². The molecule has 6 aliphatic carbocycles. The first kappa shape index (κ1) is 33.5. The second-order valence-electron chi connectivity index (χ2n) is 16.6. The molecule has 4 unspecified atom stereocenters. The van der Waals surface area contributed by atoms with E-state index in [0.717, 1.165) is 31.6 Å². The number of hydrogen-bond donors (Lipinski definition) is 0. The van der Waals surface area contributed by atoms with Crippen molar-refractivity contribution in [2.45, 2.75) is 97.3 Å². The Labute approximate surface area is 311 Å². The summed E-state index contributed by atoms with van der Waals surface area (Å²) in [6.07, 6.45) is 43.5. The fourth-order valence-electron chi connectivity index (χ4n) is 10.4. The van der Waals surface area contributed by atoms with Crippen molar-refractivity contribution in [1.29, 1.82) is 0 Å². The second kappa shape index (κ2) is 14.6. The molecule has 0 radical (unpaired) electrons. The van der Waals surface area contributed by atoms with Gasteiger partial charge in [-0.05, 0) is 147 Å². The molecule has 1 fully saturated rings. The first-order valence-electron chi connectivity index (χ1n) is 20.7. The summed E-state index contributed by atoms with van der Waals surface area (Å²) in [6, 6.07) is 18.3. The lowest BCUT2D eigenvalue weighted by Gasteiger charge is -2.33. The van der Waals surface area contributed by atoms with Gasteiger partial charge in [-0.15, -0.1) is 0 Å². The lowest BCUT2D eigenvalue weighted by Crippen LogP contribution is -2.31. The third kappa shape index (κ3) is 6.48. The van der Waals surface area contributed by atoms with Crippen LogP contribution in [0.5, 0.6) is 0 Å². The van der Waals surface area contributed by atoms with Crippen LogP contribution < -0.4 is 15.5 Å². The van der Waals surface area contributed by atoms with Gasteiger partial charge in [-0.2, -0.15) is 0 Å². The van der Waals surface area contributed by atoms with Gasteiger partial charge in [0.25, 0.3) is 0 Å². The summed E-state index contributed by atoms with van der Waals surface area (Å²) >= 11 is 0. The molecular weight excluding hydrogens is 629 g/mol. The van der Waals surface area contributed by atoms with E-state index in [0.29, 0.717) is 23.7 Å². The van der Waals surface area contributed by atoms with E-state index in [4.69, 9.17) is 0 Å². The molecule has 266 valence electrons. The summed E-state index contributed by atoms with van der Waals surface area (Å²) in [5, 5.41) is 4.16. The van der Waals surface area contributed by atoms with E-state index in [9.17, 15) is 0 Å². The minimum absolute atomic E-state index is 0.552. The van der Waals surface area contributed by atoms with Crippen LogP contribution in [0.25, 0.3) is 28.8 Å². The number of allylic oxidation sites excluding steroid dienone is 14. The van der Waals surface area contributed by atoms with Crippen molar-refractivity contribution in [2.24, 2.45) is 29.6 Å². The van der Waals surface area contributed by atoms with E-state index in [1.165, 1.54) is 108 Å². The van der Waals surface area contributed by atoms with Crippen molar-refractivity contribution in [2.75, 3.05) is 4.90 Å². The molecular formula is C50H56N2. The van der Waals surface area contributed by atoms with Crippen LogP contribution in [-0.2, 0) is 0 Å². The Hall–Kier alpha value is -4.30. The van der Waals surface area contributed by atoms with Gasteiger partial charge in [-0.25, -0.2) is 0 Å². The average molecular weight is 685 g/mol. The zero-order valence-electron chi connectivity index (χ0n) is 31.4. The summed E-state index contributed by atoms with van der Waals surface area (Å²) in [5.74, 6) is 3.42. The molecule has 0 aliphatic heterocycles. The molecule has 52 heavy (non-hydrogen) atoms. The van der Waals surface area contributed by atoms with Crippen molar-refractivity contribution in [3.05, 3.63) is 136 Å². The Morgan fingerprint density at radius 3 is 2.37 bits per heavy atom. The third-order valence-corrected chi connectivity index (χ3v) is 13.1. The summed E-state index contributed by atoms with van der Waals surface area (Å²) in [4.78, 5) is 2.53. The molecule has 6 aliphatic rings. The maximum absolute atomic E-state index is 2.59. The van der Waals surface area contributed by atoms with Crippen LogP contribution in [0.3, 0.4) is 0 Å². The minimum Gasteiger partial charge on any atom is -0.314 e. The molecule has 0 spiro atoms. The highest BCUT2D eigenvalue weighted by Gasteiger charge is 2.29. The monoisotopic (exact) mass is 684 g/mol. The molecule has 2 aromatic carbocycles. The fourth-order valence-corrected chi connectivity index (χ4v) is 10.4. The average Bonchev–Trinajstić information content (AvgIpc) is 3.53. The Morgan fingerprint density at radius 2 is 1.60 bits per heavy atom. The molecule has 2 nitrogen and oxygen atoms in total. The quantitative estimate of drug-likeness (QED) is 0.240. The van der Waals surface area contributed by atoms with E-state index >= 15 is 0 Å². The second-order valence-corrected chi connectivity index (χ2v) is 16.6. The highest BCUT2D eigenvalue weighted by Crippen LogP contribution is 2.42. The van der Waals surface area contributed by atoms with Crippen LogP contribution in [0.4, 0.5) is 11.4 Å². The van der Waals surface area contributed by atoms with Crippen LogP contribution in [0.15, 0.2) is 126 Å². The maximum Gasteiger partial charge on any atom is 0.0561 e. The van der Waals surface area contributed by atoms with Gasteiger partial charge in [-0.1, -0.05) is 112 Å². The highest BCUT2D eigenvalue weighted by molar-refractivity contribution is 5.91. The number of aromatic nitrogens is 1. The summed E-state index contributed by atoms with van der Waals surface area (Å²) in [5.41, 5.74) is 11.2. The zero-order chi connectivity index (χ0) is 35.0. The zero-order valence-corrected chi connectivity index (χ0v) is 31.4. The van der Waals surface area contributed by atoms with Crippen LogP contribution in [0, 0.1) is 29.6 Å². The van der Waals surface area contributed by atoms with E-state index in [1.807, 2.05) is 0 Å². The summed E-state index contributed by atoms with van der Waals surface area (Å²) < 4.78 is 2.59. The molecule has 1 aromatic heterocycles. The van der Waals surface area contributed by atoms with Crippen molar-refractivity contribution in [3.8, 4) is 0 Å². The Bertz CT molecular complexity index is 2170. The molecule has 2 heteroatoms. The van der Waals surface area contributed by atoms with Gasteiger partial charge < -0.3 is 9.47 Å². The first-order valence-corrected chi connectivity index (χ1v) is 20.7. The van der Waals surface area contributed by atoms with Crippen molar-refractivity contribution < 1.29 is 0 Å². The highest BCUT2D eigenvalue weighted by atomic mass is 15.2. The number of anilines is 2. The van der Waals surface area contributed by atoms with Gasteiger partial charge >= 0.3 is 0 Å². The minimum atomic E-state index is 0.552. The molecule has 1 heterocycles. The van der Waals surface area contributed by atoms with Crippen LogP contribution in [0.2, 0.25) is 0 Å². The lowest BCUT2D eigenvalue weighted by molar-refractivity contribution is 0.250. The van der Waals surface area contributed by atoms with Gasteiger partial charge in [-0.3, -0.25) is 0 Å². The number of fused-ring (bicyclic) bond motifs is 3. The van der Waals surface area contributed by atoms with Crippen molar-refractivity contribution in [1.82, 2.24) is 4.57 Å². The van der Waals surface area contributed by atoms with Gasteiger partial charge in [0.15, 0.2) is 0 Å². The van der Waals surface area contributed by atoms with E-state index in [1.54, 1.807) is 11.1 Å². The molecule has 0 amide bonds. The number of benzene rings is 2. The summed E-state index contributed by atoms with van der Waals surface area (Å²) in [6.45, 7) is 4.81. The molecule has 3 aromatic rings. The first-order chi connectivity index (χ1) is 25.6. The molecule has 9 rings (SSSR count). The predicted molar refractivity (Wildman–Crippen MR) is 222 cm³/mol. The SMILES string of the molecule is CC1C=C(C2CC=C(C3=CC=C(N(c4ccccc4)c4ccc5c6c(n(C7=CC(C)C(C8CCCCC8)C=C7)c5c4)=CCCC=6)CC3)CC2)C=CC1. The Balaban J connectivity index is 1.06. The molecule has 4 atom stereocenters. The summed E-state index contributed by atoms with van der Waals surface area (Å²) in [7, 11) is 0. The van der Waals surface area contributed by atoms with Gasteiger partial charge in [0.2, 0.25) is 0 Å². The standard InChI is InChI=1S/C50H56N2/c1-35-12-11-15-41(32-35)39-22-20-37(21-23-39)38-24-26-43(27-25-38)51(42-16-7-4-8-17-42)45-29-31-48-47-18-9-10-19-49(47)52(50(48)34-45)44-28-30-46(36(2)33-44)40-13-5-3-6-14-40/h4,7-8,11,15-20,24,26,28-36,39-40,46H,3,5-6,9-10,12-14,21-23,25,27H2,1-2H3. The van der Waals surface area contributed by atoms with E-state index in [2.05, 4.69) is 139 Å². The van der Waals surface area contributed by atoms with Crippen LogP contribution in [0.1, 0.15) is 97.3 Å². The lowest BCUT2D eigenvalue weighted by atomic mass is 9.73. The van der Waals surface area contributed by atoms with Gasteiger partial charge in [0, 0.05) is 38.7 Å². The van der Waals surface area contributed by atoms with Crippen LogP contribution >= 0.6 is 0 Å². The maximum atomic E-state index is 2.59. The topological polar surface area (TPSA) is 8.17 Å². The predicted octanol–water partition coefficient (Wildman–Crippen LogP) is 12.2. The van der Waals surface area contributed by atoms with Crippen LogP contribution in [-0.4, -0.2) is 4.57 Å². The molecule has 0 saturated heterocycles. The normalized spacial score (nSPS) is 26.3. The number of para-hydroxylation sites is 1. The number of hydrogen-bond acceptors (Lipinski definition) is 1. The molecule has 0 bridgehead atoms. The van der Waals surface area contributed by atoms with Gasteiger partial charge in [0.05, 0.1) is 5.52 Å². The molecule has 0 N–H and O–H groups in total. The van der Waals surface area contributed by atoms with Crippen molar-refractivity contribution >= 4 is 40.1 Å². The van der Waals surface area contributed by atoms with Crippen molar-refractivity contribution in [3.63, 3.8) is 0 Å². The Morgan fingerprint density at radius 1 is 0.731 bits per heavy atom. The largest absolute Gasteiger partial charge is 0.314 e. The number of rotatable bonds is 7. The fraction of sp³-hybridized carbons (Fsp3) is 0.400. The molecule has 1 saturated carbocycles. The smallest absolute Gasteiger partial charge is 0.0561 e. The number of nitrogens with zero attached hydrogens (tertiary/aromatic N) is 2. The van der Waals surface area contributed by atoms with E-state index < -0.39 is 0 Å².